The van der Waals surface area contributed by atoms with E-state index in [9.17, 15) is 0 Å². The van der Waals surface area contributed by atoms with E-state index in [4.69, 9.17) is 16.3 Å². The zero-order valence-corrected chi connectivity index (χ0v) is 12.6. The summed E-state index contributed by atoms with van der Waals surface area (Å²) in [5.41, 5.74) is 2.16. The number of nitrogens with zero attached hydrogens (tertiary/aromatic N) is 3. The molecule has 0 aliphatic carbocycles. The molecule has 100 valence electrons. The SMILES string of the molecule is ClCCc1cn(CC2Cc3cc(Br)ccc3O2)nn1. The first-order chi connectivity index (χ1) is 9.24. The van der Waals surface area contributed by atoms with Gasteiger partial charge in [-0.25, -0.2) is 4.68 Å². The molecular formula is C13H13BrClN3O. The molecule has 0 amide bonds. The number of ether oxygens (including phenoxy) is 1. The Morgan fingerprint density at radius 3 is 3.21 bits per heavy atom. The van der Waals surface area contributed by atoms with Crippen molar-refractivity contribution in [3.8, 4) is 5.75 Å². The number of hydrogen-bond acceptors (Lipinski definition) is 3. The van der Waals surface area contributed by atoms with Gasteiger partial charge in [0.15, 0.2) is 0 Å². The molecule has 0 radical (unpaired) electrons. The smallest absolute Gasteiger partial charge is 0.123 e. The number of fused-ring (bicyclic) bond motifs is 1. The van der Waals surface area contributed by atoms with Gasteiger partial charge in [-0.05, 0) is 23.8 Å². The summed E-state index contributed by atoms with van der Waals surface area (Å²) in [5, 5.41) is 8.17. The predicted octanol–water partition coefficient (Wildman–Crippen LogP) is 2.83. The molecule has 1 aromatic heterocycles. The van der Waals surface area contributed by atoms with E-state index in [0.29, 0.717) is 12.4 Å². The molecule has 1 aliphatic rings. The highest BCUT2D eigenvalue weighted by atomic mass is 79.9. The van der Waals surface area contributed by atoms with Crippen molar-refractivity contribution in [2.45, 2.75) is 25.5 Å². The van der Waals surface area contributed by atoms with E-state index in [2.05, 4.69) is 32.3 Å². The summed E-state index contributed by atoms with van der Waals surface area (Å²) in [6, 6.07) is 6.10. The quantitative estimate of drug-likeness (QED) is 0.802. The van der Waals surface area contributed by atoms with Crippen LogP contribution in [0.3, 0.4) is 0 Å². The van der Waals surface area contributed by atoms with Crippen molar-refractivity contribution in [3.05, 3.63) is 40.1 Å². The Morgan fingerprint density at radius 2 is 2.37 bits per heavy atom. The lowest BCUT2D eigenvalue weighted by atomic mass is 10.1. The van der Waals surface area contributed by atoms with Crippen LogP contribution in [0.25, 0.3) is 0 Å². The molecule has 0 saturated carbocycles. The lowest BCUT2D eigenvalue weighted by Gasteiger charge is -2.09. The minimum atomic E-state index is 0.120. The molecule has 2 heterocycles. The Morgan fingerprint density at radius 1 is 1.47 bits per heavy atom. The Hall–Kier alpha value is -1.07. The van der Waals surface area contributed by atoms with Gasteiger partial charge < -0.3 is 4.74 Å². The fourth-order valence-corrected chi connectivity index (χ4v) is 2.84. The Balaban J connectivity index is 1.66. The maximum absolute atomic E-state index is 5.90. The molecule has 1 aromatic carbocycles. The van der Waals surface area contributed by atoms with E-state index >= 15 is 0 Å². The minimum absolute atomic E-state index is 0.120. The average Bonchev–Trinajstić information content (AvgIpc) is 2.96. The predicted molar refractivity (Wildman–Crippen MR) is 76.7 cm³/mol. The second-order valence-corrected chi connectivity index (χ2v) is 5.86. The van der Waals surface area contributed by atoms with Crippen LogP contribution in [-0.2, 0) is 19.4 Å². The first kappa shape index (κ1) is 12.9. The van der Waals surface area contributed by atoms with Gasteiger partial charge in [-0.1, -0.05) is 21.1 Å². The normalized spacial score (nSPS) is 17.3. The van der Waals surface area contributed by atoms with Crippen LogP contribution in [0.15, 0.2) is 28.9 Å². The molecule has 0 saturated heterocycles. The van der Waals surface area contributed by atoms with Crippen LogP contribution in [0.4, 0.5) is 0 Å². The Bertz CT molecular complexity index is 587. The third-order valence-electron chi connectivity index (χ3n) is 3.09. The van der Waals surface area contributed by atoms with Gasteiger partial charge in [0.2, 0.25) is 0 Å². The number of halogens is 2. The first-order valence-corrected chi connectivity index (χ1v) is 7.47. The maximum atomic E-state index is 5.90. The highest BCUT2D eigenvalue weighted by molar-refractivity contribution is 9.10. The third kappa shape index (κ3) is 2.92. The number of aromatic nitrogens is 3. The Labute approximate surface area is 124 Å². The van der Waals surface area contributed by atoms with Gasteiger partial charge in [-0.2, -0.15) is 0 Å². The monoisotopic (exact) mass is 341 g/mol. The zero-order chi connectivity index (χ0) is 13.2. The summed E-state index contributed by atoms with van der Waals surface area (Å²) in [4.78, 5) is 0. The zero-order valence-electron chi connectivity index (χ0n) is 10.2. The van der Waals surface area contributed by atoms with Crippen LogP contribution in [0.1, 0.15) is 11.3 Å². The van der Waals surface area contributed by atoms with Crippen molar-refractivity contribution in [1.82, 2.24) is 15.0 Å². The van der Waals surface area contributed by atoms with E-state index < -0.39 is 0 Å². The van der Waals surface area contributed by atoms with Gasteiger partial charge >= 0.3 is 0 Å². The molecule has 1 aliphatic heterocycles. The van der Waals surface area contributed by atoms with Crippen molar-refractivity contribution >= 4 is 27.5 Å². The molecule has 3 rings (SSSR count). The highest BCUT2D eigenvalue weighted by Gasteiger charge is 2.23. The molecule has 0 N–H and O–H groups in total. The Kier molecular flexibility index (Phi) is 3.75. The van der Waals surface area contributed by atoms with E-state index in [-0.39, 0.29) is 6.10 Å². The summed E-state index contributed by atoms with van der Waals surface area (Å²) >= 11 is 9.16. The van der Waals surface area contributed by atoms with Crippen LogP contribution in [0.5, 0.6) is 5.75 Å². The van der Waals surface area contributed by atoms with Gasteiger partial charge in [0.1, 0.15) is 11.9 Å². The second-order valence-electron chi connectivity index (χ2n) is 4.57. The highest BCUT2D eigenvalue weighted by Crippen LogP contribution is 2.31. The average molecular weight is 343 g/mol. The van der Waals surface area contributed by atoms with Crippen LogP contribution in [-0.4, -0.2) is 27.0 Å². The minimum Gasteiger partial charge on any atom is -0.488 e. The van der Waals surface area contributed by atoms with Gasteiger partial charge in [0.05, 0.1) is 12.2 Å². The molecular weight excluding hydrogens is 330 g/mol. The molecule has 2 aromatic rings. The molecule has 0 bridgehead atoms. The number of rotatable bonds is 4. The van der Waals surface area contributed by atoms with Crippen LogP contribution >= 0.6 is 27.5 Å². The molecule has 6 heteroatoms. The summed E-state index contributed by atoms with van der Waals surface area (Å²) in [6.45, 7) is 0.710. The number of hydrogen-bond donors (Lipinski definition) is 0. The summed E-state index contributed by atoms with van der Waals surface area (Å²) in [7, 11) is 0. The lowest BCUT2D eigenvalue weighted by molar-refractivity contribution is 0.202. The topological polar surface area (TPSA) is 39.9 Å². The second kappa shape index (κ2) is 5.51. The summed E-state index contributed by atoms with van der Waals surface area (Å²) in [5.74, 6) is 1.53. The van der Waals surface area contributed by atoms with Gasteiger partial charge in [-0.15, -0.1) is 16.7 Å². The van der Waals surface area contributed by atoms with E-state index in [1.807, 2.05) is 23.0 Å². The van der Waals surface area contributed by atoms with Gasteiger partial charge in [0, 0.05) is 29.4 Å². The third-order valence-corrected chi connectivity index (χ3v) is 3.77. The van der Waals surface area contributed by atoms with Crippen molar-refractivity contribution in [2.24, 2.45) is 0 Å². The fraction of sp³-hybridized carbons (Fsp3) is 0.385. The van der Waals surface area contributed by atoms with Gasteiger partial charge in [-0.3, -0.25) is 0 Å². The van der Waals surface area contributed by atoms with Crippen LogP contribution in [0, 0.1) is 0 Å². The van der Waals surface area contributed by atoms with Crippen molar-refractivity contribution in [1.29, 1.82) is 0 Å². The fourth-order valence-electron chi connectivity index (χ4n) is 2.24. The van der Waals surface area contributed by atoms with Crippen molar-refractivity contribution in [2.75, 3.05) is 5.88 Å². The summed E-state index contributed by atoms with van der Waals surface area (Å²) < 4.78 is 8.81. The first-order valence-electron chi connectivity index (χ1n) is 6.14. The van der Waals surface area contributed by atoms with Gasteiger partial charge in [0.25, 0.3) is 0 Å². The largest absolute Gasteiger partial charge is 0.488 e. The molecule has 1 atom stereocenters. The number of aryl methyl sites for hydroxylation is 1. The number of benzene rings is 1. The molecule has 1 unspecified atom stereocenters. The van der Waals surface area contributed by atoms with E-state index in [1.165, 1.54) is 5.56 Å². The van der Waals surface area contributed by atoms with Crippen LogP contribution in [0.2, 0.25) is 0 Å². The molecule has 0 spiro atoms. The standard InChI is InChI=1S/C13H13BrClN3O/c14-10-1-2-13-9(5-10)6-12(19-13)8-18-7-11(3-4-15)16-17-18/h1-2,5,7,12H,3-4,6,8H2. The molecule has 4 nitrogen and oxygen atoms in total. The van der Waals surface area contributed by atoms with Crippen molar-refractivity contribution < 1.29 is 4.74 Å². The lowest BCUT2D eigenvalue weighted by Crippen LogP contribution is -2.21. The van der Waals surface area contributed by atoms with Crippen LogP contribution < -0.4 is 4.74 Å². The molecule has 0 fully saturated rings. The van der Waals surface area contributed by atoms with E-state index in [0.717, 1.165) is 28.8 Å². The van der Waals surface area contributed by atoms with E-state index in [1.54, 1.807) is 0 Å². The number of alkyl halides is 1. The maximum Gasteiger partial charge on any atom is 0.123 e. The summed E-state index contributed by atoms with van der Waals surface area (Å²) in [6.07, 6.45) is 3.71. The molecule has 19 heavy (non-hydrogen) atoms. The van der Waals surface area contributed by atoms with Crippen molar-refractivity contribution in [3.63, 3.8) is 0 Å².